The molecule has 4 unspecified atom stereocenters. The maximum absolute atomic E-state index is 2.06. The van der Waals surface area contributed by atoms with Crippen LogP contribution in [0.1, 0.15) is 38.5 Å². The highest BCUT2D eigenvalue weighted by molar-refractivity contribution is 5.78. The van der Waals surface area contributed by atoms with Crippen LogP contribution in [0.15, 0.2) is 11.1 Å². The summed E-state index contributed by atoms with van der Waals surface area (Å²) in [5.74, 6) is 0. The molecule has 0 heteroatoms. The van der Waals surface area contributed by atoms with Gasteiger partial charge >= 0.3 is 0 Å². The zero-order valence-corrected chi connectivity index (χ0v) is 7.24. The largest absolute Gasteiger partial charge is 0.0556 e. The van der Waals surface area contributed by atoms with Gasteiger partial charge in [0.25, 0.3) is 0 Å². The van der Waals surface area contributed by atoms with Crippen LogP contribution in [0.3, 0.4) is 0 Å². The summed E-state index contributed by atoms with van der Waals surface area (Å²) in [5, 5.41) is 0. The predicted molar refractivity (Wildman–Crippen MR) is 44.5 cm³/mol. The Hall–Kier alpha value is -0.260. The van der Waals surface area contributed by atoms with Gasteiger partial charge in [0.2, 0.25) is 0 Å². The monoisotopic (exact) mass is 156 g/mol. The van der Waals surface area contributed by atoms with Crippen LogP contribution in [-0.2, 0) is 0 Å². The van der Waals surface area contributed by atoms with E-state index in [0.29, 0.717) is 0 Å². The van der Waals surface area contributed by atoms with Gasteiger partial charge in [0, 0.05) is 21.7 Å². The number of rotatable bonds is 0. The first-order chi connectivity index (χ1) is 5.82. The third-order valence-corrected chi connectivity index (χ3v) is 7.04. The Kier molecular flexibility index (Phi) is 0.321. The smallest absolute Gasteiger partial charge is 0.00241 e. The minimum Gasteiger partial charge on any atom is -0.0556 e. The number of hydrogen-bond donors (Lipinski definition) is 0. The maximum atomic E-state index is 2.06. The molecule has 60 valence electrons. The molecular formula is C12H12. The van der Waals surface area contributed by atoms with E-state index in [1.165, 1.54) is 0 Å². The second-order valence-electron chi connectivity index (χ2n) is 6.43. The molecule has 0 aliphatic heterocycles. The van der Waals surface area contributed by atoms with E-state index in [0.717, 1.165) is 21.7 Å². The van der Waals surface area contributed by atoms with Crippen molar-refractivity contribution in [3.63, 3.8) is 0 Å². The average molecular weight is 156 g/mol. The summed E-state index contributed by atoms with van der Waals surface area (Å²) in [7, 11) is 0. The summed E-state index contributed by atoms with van der Waals surface area (Å²) in [6, 6.07) is 0. The lowest BCUT2D eigenvalue weighted by Crippen LogP contribution is -2.42. The lowest BCUT2D eigenvalue weighted by atomic mass is 9.53. The van der Waals surface area contributed by atoms with Gasteiger partial charge in [0.05, 0.1) is 0 Å². The molecule has 0 aromatic rings. The Labute approximate surface area is 72.0 Å². The first kappa shape index (κ1) is 4.83. The van der Waals surface area contributed by atoms with Gasteiger partial charge in [-0.3, -0.25) is 0 Å². The van der Waals surface area contributed by atoms with Crippen LogP contribution in [0.4, 0.5) is 0 Å². The fraction of sp³-hybridized carbons (Fsp3) is 0.833. The van der Waals surface area contributed by atoms with Gasteiger partial charge < -0.3 is 0 Å². The molecule has 0 nitrogen and oxygen atoms in total. The Balaban J connectivity index is 1.89. The lowest BCUT2D eigenvalue weighted by molar-refractivity contribution is -0.0164. The number of allylic oxidation sites excluding steroid dienone is 2. The van der Waals surface area contributed by atoms with Gasteiger partial charge in [0.15, 0.2) is 0 Å². The van der Waals surface area contributed by atoms with Crippen molar-refractivity contribution in [1.82, 2.24) is 0 Å². The SMILES string of the molecule is C1CC23CC45CCC46CC12C3=C65. The molecule has 6 aliphatic carbocycles. The van der Waals surface area contributed by atoms with Crippen molar-refractivity contribution < 1.29 is 0 Å². The van der Waals surface area contributed by atoms with Crippen molar-refractivity contribution in [2.24, 2.45) is 21.7 Å². The minimum atomic E-state index is 0.893. The Bertz CT molecular complexity index is 355. The second kappa shape index (κ2) is 0.798. The molecule has 0 radical (unpaired) electrons. The van der Waals surface area contributed by atoms with Crippen LogP contribution in [0, 0.1) is 21.7 Å². The maximum Gasteiger partial charge on any atom is 0.00241 e. The van der Waals surface area contributed by atoms with Crippen molar-refractivity contribution in [2.45, 2.75) is 38.5 Å². The van der Waals surface area contributed by atoms with E-state index in [-0.39, 0.29) is 0 Å². The normalized spacial score (nSPS) is 82.0. The highest BCUT2D eigenvalue weighted by atomic mass is 15.0. The Morgan fingerprint density at radius 1 is 0.583 bits per heavy atom. The topological polar surface area (TPSA) is 0 Å². The molecule has 0 saturated heterocycles. The van der Waals surface area contributed by atoms with Crippen LogP contribution in [-0.4, -0.2) is 0 Å². The van der Waals surface area contributed by atoms with Crippen LogP contribution in [0.2, 0.25) is 0 Å². The predicted octanol–water partition coefficient (Wildman–Crippen LogP) is 2.65. The highest BCUT2D eigenvalue weighted by Gasteiger charge is 3.01. The van der Waals surface area contributed by atoms with Crippen molar-refractivity contribution in [3.05, 3.63) is 11.1 Å². The van der Waals surface area contributed by atoms with Gasteiger partial charge in [-0.25, -0.2) is 0 Å². The lowest BCUT2D eigenvalue weighted by Gasteiger charge is -2.50. The van der Waals surface area contributed by atoms with E-state index in [9.17, 15) is 0 Å². The van der Waals surface area contributed by atoms with E-state index in [2.05, 4.69) is 11.1 Å². The summed E-state index contributed by atoms with van der Waals surface area (Å²) < 4.78 is 0. The molecule has 4 fully saturated rings. The Morgan fingerprint density at radius 3 is 1.17 bits per heavy atom. The molecule has 4 saturated carbocycles. The Morgan fingerprint density at radius 2 is 0.917 bits per heavy atom. The zero-order chi connectivity index (χ0) is 7.40. The van der Waals surface area contributed by atoms with E-state index in [1.54, 1.807) is 38.5 Å². The summed E-state index contributed by atoms with van der Waals surface area (Å²) in [6.45, 7) is 0. The molecule has 6 aliphatic rings. The molecule has 0 N–H and O–H groups in total. The molecule has 4 spiro atoms. The quantitative estimate of drug-likeness (QED) is 0.473. The van der Waals surface area contributed by atoms with Gasteiger partial charge in [-0.1, -0.05) is 11.1 Å². The molecule has 4 atom stereocenters. The average Bonchev–Trinajstić information content (AvgIpc) is 2.59. The van der Waals surface area contributed by atoms with Crippen LogP contribution < -0.4 is 0 Å². The van der Waals surface area contributed by atoms with Gasteiger partial charge in [0.1, 0.15) is 0 Å². The highest BCUT2D eigenvalue weighted by Crippen LogP contribution is 3.10. The zero-order valence-electron chi connectivity index (χ0n) is 7.24. The fourth-order valence-electron chi connectivity index (χ4n) is 6.60. The van der Waals surface area contributed by atoms with Gasteiger partial charge in [-0.2, -0.15) is 0 Å². The van der Waals surface area contributed by atoms with Crippen LogP contribution in [0.25, 0.3) is 0 Å². The summed E-state index contributed by atoms with van der Waals surface area (Å²) >= 11 is 0. The molecule has 0 heterocycles. The van der Waals surface area contributed by atoms with E-state index in [1.807, 2.05) is 0 Å². The standard InChI is InChI=1S/C12H12/c1-2-10-6-12-4-3-11(12)5-9(1,10)7(10)8(11)12/h1-6H2. The van der Waals surface area contributed by atoms with Gasteiger partial charge in [-0.05, 0) is 38.5 Å². The third kappa shape index (κ3) is 0.162. The summed E-state index contributed by atoms with van der Waals surface area (Å²) in [6.07, 6.45) is 9.63. The van der Waals surface area contributed by atoms with Crippen molar-refractivity contribution in [3.8, 4) is 0 Å². The van der Waals surface area contributed by atoms with Crippen molar-refractivity contribution >= 4 is 0 Å². The summed E-state index contributed by atoms with van der Waals surface area (Å²) in [4.78, 5) is 0. The van der Waals surface area contributed by atoms with Gasteiger partial charge in [-0.15, -0.1) is 0 Å². The molecule has 0 aromatic carbocycles. The van der Waals surface area contributed by atoms with E-state index in [4.69, 9.17) is 0 Å². The molecule has 12 heavy (non-hydrogen) atoms. The van der Waals surface area contributed by atoms with E-state index >= 15 is 0 Å². The summed E-state index contributed by atoms with van der Waals surface area (Å²) in [5.41, 5.74) is 7.70. The first-order valence-corrected chi connectivity index (χ1v) is 5.58. The molecule has 0 amide bonds. The van der Waals surface area contributed by atoms with Crippen molar-refractivity contribution in [2.75, 3.05) is 0 Å². The minimum absolute atomic E-state index is 0.893. The first-order valence-electron chi connectivity index (χ1n) is 5.58. The van der Waals surface area contributed by atoms with Crippen LogP contribution in [0.5, 0.6) is 0 Å². The van der Waals surface area contributed by atoms with E-state index < -0.39 is 0 Å². The second-order valence-corrected chi connectivity index (χ2v) is 6.43. The van der Waals surface area contributed by atoms with Crippen LogP contribution >= 0.6 is 0 Å². The third-order valence-electron chi connectivity index (χ3n) is 7.04. The molecule has 0 aromatic heterocycles. The molecule has 6 rings (SSSR count). The molecule has 0 bridgehead atoms. The fourth-order valence-corrected chi connectivity index (χ4v) is 6.60. The molecular weight excluding hydrogens is 144 g/mol. The van der Waals surface area contributed by atoms with Crippen molar-refractivity contribution in [1.29, 1.82) is 0 Å². The number of hydrogen-bond acceptors (Lipinski definition) is 0.